The van der Waals surface area contributed by atoms with Gasteiger partial charge in [0.05, 0.1) is 22.1 Å². The van der Waals surface area contributed by atoms with Crippen LogP contribution < -0.4 is 10.2 Å². The molecule has 1 fully saturated rings. The van der Waals surface area contributed by atoms with Crippen LogP contribution in [0.1, 0.15) is 30.1 Å². The molecule has 6 nitrogen and oxygen atoms in total. The van der Waals surface area contributed by atoms with Crippen LogP contribution in [-0.4, -0.2) is 34.0 Å². The summed E-state index contributed by atoms with van der Waals surface area (Å²) in [6, 6.07) is 22.2. The number of hydrogen-bond donors (Lipinski definition) is 1. The number of rotatable bonds is 5. The number of para-hydroxylation sites is 2. The molecule has 1 saturated carbocycles. The van der Waals surface area contributed by atoms with Crippen molar-refractivity contribution in [2.45, 2.75) is 24.9 Å². The summed E-state index contributed by atoms with van der Waals surface area (Å²) in [6.07, 6.45) is 3.59. The Morgan fingerprint density at radius 1 is 0.947 bits per heavy atom. The van der Waals surface area contributed by atoms with E-state index in [0.29, 0.717) is 10.7 Å². The van der Waals surface area contributed by atoms with Gasteiger partial charge in [-0.25, -0.2) is 9.18 Å². The fourth-order valence-corrected chi connectivity index (χ4v) is 5.38. The molecule has 1 atom stereocenters. The van der Waals surface area contributed by atoms with E-state index >= 15 is 0 Å². The minimum absolute atomic E-state index is 0.0524. The number of urea groups is 1. The number of fused-ring (bicyclic) bond motifs is 3. The summed E-state index contributed by atoms with van der Waals surface area (Å²) in [4.78, 5) is 30.7. The molecule has 1 aliphatic carbocycles. The number of amides is 3. The van der Waals surface area contributed by atoms with Gasteiger partial charge >= 0.3 is 6.03 Å². The molecule has 3 aromatic carbocycles. The Labute approximate surface area is 229 Å². The van der Waals surface area contributed by atoms with Crippen molar-refractivity contribution in [3.63, 3.8) is 0 Å². The van der Waals surface area contributed by atoms with Crippen LogP contribution >= 0.6 is 23.2 Å². The van der Waals surface area contributed by atoms with Gasteiger partial charge in [-0.05, 0) is 73.0 Å². The highest BCUT2D eigenvalue weighted by Crippen LogP contribution is 2.43. The van der Waals surface area contributed by atoms with Crippen molar-refractivity contribution in [2.24, 2.45) is 0 Å². The number of benzene rings is 3. The molecular formula is C29H23Cl2FN4O2. The van der Waals surface area contributed by atoms with Crippen LogP contribution in [-0.2, 0) is 4.79 Å². The summed E-state index contributed by atoms with van der Waals surface area (Å²) in [5, 5.41) is 3.25. The normalized spacial score (nSPS) is 16.0. The first-order valence-corrected chi connectivity index (χ1v) is 13.0. The van der Waals surface area contributed by atoms with Crippen LogP contribution in [0, 0.1) is 5.82 Å². The average Bonchev–Trinajstić information content (AvgIpc) is 3.63. The molecule has 1 unspecified atom stereocenters. The second-order valence-corrected chi connectivity index (χ2v) is 10.3. The SMILES string of the molecule is O=C(Nc1ccc(F)c(Cl)c1)N(CC(=O)N1c2ccccc2-n2cccc2C1c1cccc(Cl)c1)C1CC1. The van der Waals surface area contributed by atoms with Crippen LogP contribution in [0.2, 0.25) is 10.0 Å². The van der Waals surface area contributed by atoms with Crippen LogP contribution in [0.5, 0.6) is 0 Å². The van der Waals surface area contributed by atoms with E-state index < -0.39 is 17.9 Å². The molecule has 2 aliphatic rings. The molecule has 192 valence electrons. The molecule has 0 saturated heterocycles. The Hall–Kier alpha value is -3.81. The summed E-state index contributed by atoms with van der Waals surface area (Å²) < 4.78 is 15.7. The van der Waals surface area contributed by atoms with Crippen molar-refractivity contribution < 1.29 is 14.0 Å². The first-order chi connectivity index (χ1) is 18.4. The molecular weight excluding hydrogens is 526 g/mol. The number of carbonyl (C=O) groups is 2. The summed E-state index contributed by atoms with van der Waals surface area (Å²) in [6.45, 7) is -0.127. The molecule has 1 aliphatic heterocycles. The monoisotopic (exact) mass is 548 g/mol. The van der Waals surface area contributed by atoms with E-state index in [4.69, 9.17) is 23.2 Å². The first-order valence-electron chi connectivity index (χ1n) is 12.3. The quantitative estimate of drug-likeness (QED) is 0.290. The molecule has 1 aromatic heterocycles. The molecule has 6 rings (SSSR count). The van der Waals surface area contributed by atoms with E-state index in [1.165, 1.54) is 18.2 Å². The maximum absolute atomic E-state index is 14.2. The van der Waals surface area contributed by atoms with E-state index in [-0.39, 0.29) is 23.5 Å². The zero-order chi connectivity index (χ0) is 26.4. The van der Waals surface area contributed by atoms with Gasteiger partial charge in [-0.3, -0.25) is 9.69 Å². The molecule has 0 bridgehead atoms. The van der Waals surface area contributed by atoms with E-state index in [2.05, 4.69) is 9.88 Å². The average molecular weight is 549 g/mol. The molecule has 38 heavy (non-hydrogen) atoms. The largest absolute Gasteiger partial charge is 0.322 e. The predicted octanol–water partition coefficient (Wildman–Crippen LogP) is 7.06. The second kappa shape index (κ2) is 9.82. The van der Waals surface area contributed by atoms with Crippen molar-refractivity contribution in [2.75, 3.05) is 16.8 Å². The van der Waals surface area contributed by atoms with Gasteiger partial charge in [-0.2, -0.15) is 0 Å². The smallest absolute Gasteiger partial charge is 0.316 e. The molecule has 1 N–H and O–H groups in total. The zero-order valence-electron chi connectivity index (χ0n) is 20.2. The number of anilines is 2. The highest BCUT2D eigenvalue weighted by Gasteiger charge is 2.40. The lowest BCUT2D eigenvalue weighted by Crippen LogP contribution is -2.48. The Morgan fingerprint density at radius 3 is 2.47 bits per heavy atom. The molecule has 0 spiro atoms. The minimum atomic E-state index is -0.570. The van der Waals surface area contributed by atoms with Crippen molar-refractivity contribution in [3.8, 4) is 5.69 Å². The van der Waals surface area contributed by atoms with E-state index in [1.807, 2.05) is 60.8 Å². The van der Waals surface area contributed by atoms with E-state index in [0.717, 1.165) is 35.5 Å². The van der Waals surface area contributed by atoms with Crippen molar-refractivity contribution in [1.29, 1.82) is 0 Å². The van der Waals surface area contributed by atoms with Gasteiger partial charge in [0.1, 0.15) is 18.4 Å². The van der Waals surface area contributed by atoms with Gasteiger partial charge in [-0.1, -0.05) is 47.5 Å². The fraction of sp³-hybridized carbons (Fsp3) is 0.172. The van der Waals surface area contributed by atoms with Crippen molar-refractivity contribution >= 4 is 46.5 Å². The third-order valence-electron chi connectivity index (χ3n) is 6.88. The Morgan fingerprint density at radius 2 is 1.74 bits per heavy atom. The second-order valence-electron chi connectivity index (χ2n) is 9.43. The Balaban J connectivity index is 1.35. The van der Waals surface area contributed by atoms with Crippen LogP contribution in [0.3, 0.4) is 0 Å². The third kappa shape index (κ3) is 4.52. The lowest BCUT2D eigenvalue weighted by Gasteiger charge is -2.39. The van der Waals surface area contributed by atoms with Gasteiger partial charge in [0.25, 0.3) is 0 Å². The number of nitrogens with zero attached hydrogens (tertiary/aromatic N) is 3. The highest BCUT2D eigenvalue weighted by atomic mass is 35.5. The van der Waals surface area contributed by atoms with Crippen LogP contribution in [0.25, 0.3) is 5.69 Å². The number of nitrogens with one attached hydrogen (secondary N) is 1. The molecule has 4 aromatic rings. The molecule has 2 heterocycles. The molecule has 0 radical (unpaired) electrons. The molecule has 9 heteroatoms. The fourth-order valence-electron chi connectivity index (χ4n) is 5.00. The summed E-state index contributed by atoms with van der Waals surface area (Å²) in [7, 11) is 0. The number of halogens is 3. The Bertz CT molecular complexity index is 1550. The zero-order valence-corrected chi connectivity index (χ0v) is 21.7. The molecule has 3 amide bonds. The maximum Gasteiger partial charge on any atom is 0.322 e. The van der Waals surface area contributed by atoms with Crippen molar-refractivity contribution in [3.05, 3.63) is 112 Å². The summed E-state index contributed by atoms with van der Waals surface area (Å²) in [5.74, 6) is -0.798. The van der Waals surface area contributed by atoms with Crippen molar-refractivity contribution in [1.82, 2.24) is 9.47 Å². The standard InChI is InChI=1S/C29H23Cl2FN4O2/c30-19-6-3-5-18(15-19)28-26-9-4-14-34(26)24-7-1-2-8-25(24)36(28)27(37)17-35(21-11-12-21)29(38)33-20-10-13-23(32)22(31)16-20/h1-10,13-16,21,28H,11-12,17H2,(H,33,38). The minimum Gasteiger partial charge on any atom is -0.316 e. The lowest BCUT2D eigenvalue weighted by molar-refractivity contribution is -0.119. The van der Waals surface area contributed by atoms with Gasteiger partial charge < -0.3 is 14.8 Å². The van der Waals surface area contributed by atoms with Gasteiger partial charge in [0, 0.05) is 22.9 Å². The van der Waals surface area contributed by atoms with Crippen LogP contribution in [0.4, 0.5) is 20.6 Å². The first kappa shape index (κ1) is 24.5. The number of aromatic nitrogens is 1. The third-order valence-corrected chi connectivity index (χ3v) is 7.40. The maximum atomic E-state index is 14.2. The topological polar surface area (TPSA) is 57.6 Å². The summed E-state index contributed by atoms with van der Waals surface area (Å²) in [5.41, 5.74) is 3.76. The lowest BCUT2D eigenvalue weighted by atomic mass is 9.97. The van der Waals surface area contributed by atoms with E-state index in [9.17, 15) is 14.0 Å². The number of hydrogen-bond acceptors (Lipinski definition) is 2. The highest BCUT2D eigenvalue weighted by molar-refractivity contribution is 6.31. The van der Waals surface area contributed by atoms with Gasteiger partial charge in [-0.15, -0.1) is 0 Å². The Kier molecular flexibility index (Phi) is 6.33. The van der Waals surface area contributed by atoms with Crippen LogP contribution in [0.15, 0.2) is 85.1 Å². The number of carbonyl (C=O) groups excluding carboxylic acids is 2. The van der Waals surface area contributed by atoms with E-state index in [1.54, 1.807) is 15.9 Å². The van der Waals surface area contributed by atoms with Gasteiger partial charge in [0.15, 0.2) is 0 Å². The van der Waals surface area contributed by atoms with Gasteiger partial charge in [0.2, 0.25) is 5.91 Å². The summed E-state index contributed by atoms with van der Waals surface area (Å²) >= 11 is 12.3. The predicted molar refractivity (Wildman–Crippen MR) is 147 cm³/mol.